The van der Waals surface area contributed by atoms with Crippen LogP contribution in [0.5, 0.6) is 5.75 Å². The number of hydrogen-bond donors (Lipinski definition) is 1. The predicted molar refractivity (Wildman–Crippen MR) is 134 cm³/mol. The number of amides is 1. The molecule has 5 atom stereocenters. The summed E-state index contributed by atoms with van der Waals surface area (Å²) in [5.41, 5.74) is -0.171. The first-order chi connectivity index (χ1) is 19.4. The van der Waals surface area contributed by atoms with Crippen LogP contribution >= 0.6 is 0 Å². The molecular weight excluding hydrogens is 552 g/mol. The number of rotatable bonds is 12. The Kier molecular flexibility index (Phi) is 12.6. The number of nitrogens with zero attached hydrogens (tertiary/aromatic N) is 1. The Labute approximate surface area is 233 Å². The van der Waals surface area contributed by atoms with Gasteiger partial charge in [-0.1, -0.05) is 6.08 Å². The van der Waals surface area contributed by atoms with Crippen LogP contribution in [0.2, 0.25) is 0 Å². The number of nitro groups is 1. The normalized spacial score (nSPS) is 21.8. The molecule has 1 aliphatic heterocycles. The minimum atomic E-state index is -1.26. The van der Waals surface area contributed by atoms with Gasteiger partial charge in [0.05, 0.1) is 11.5 Å². The van der Waals surface area contributed by atoms with Crippen molar-refractivity contribution in [3.8, 4) is 5.75 Å². The van der Waals surface area contributed by atoms with E-state index in [1.165, 1.54) is 43.3 Å². The third-order valence-electron chi connectivity index (χ3n) is 5.14. The first kappa shape index (κ1) is 32.6. The number of carbonyl (C=O) groups is 5. The molecule has 0 bridgehead atoms. The third-order valence-corrected chi connectivity index (χ3v) is 5.14. The Morgan fingerprint density at radius 3 is 2.07 bits per heavy atom. The first-order valence-corrected chi connectivity index (χ1v) is 12.1. The quantitative estimate of drug-likeness (QED) is 0.0922. The molecule has 16 heteroatoms. The summed E-state index contributed by atoms with van der Waals surface area (Å²) < 4.78 is 37.0. The van der Waals surface area contributed by atoms with Gasteiger partial charge in [0.1, 0.15) is 31.1 Å². The molecule has 1 saturated heterocycles. The van der Waals surface area contributed by atoms with E-state index in [1.54, 1.807) is 0 Å². The van der Waals surface area contributed by atoms with Crippen molar-refractivity contribution in [3.05, 3.63) is 46.5 Å². The van der Waals surface area contributed by atoms with Crippen molar-refractivity contribution in [2.24, 2.45) is 0 Å². The molecule has 1 heterocycles. The van der Waals surface area contributed by atoms with Crippen molar-refractivity contribution >= 4 is 35.7 Å². The van der Waals surface area contributed by atoms with Gasteiger partial charge in [-0.3, -0.25) is 29.3 Å². The van der Waals surface area contributed by atoms with E-state index in [1.807, 2.05) is 0 Å². The van der Waals surface area contributed by atoms with E-state index in [2.05, 4.69) is 5.32 Å². The fourth-order valence-corrected chi connectivity index (χ4v) is 3.60. The Balaban J connectivity index is 2.04. The zero-order chi connectivity index (χ0) is 30.5. The Morgan fingerprint density at radius 2 is 1.51 bits per heavy atom. The van der Waals surface area contributed by atoms with Gasteiger partial charge in [0.25, 0.3) is 5.69 Å². The van der Waals surface area contributed by atoms with Gasteiger partial charge in [0.2, 0.25) is 5.91 Å². The second-order valence-corrected chi connectivity index (χ2v) is 8.44. The second-order valence-electron chi connectivity index (χ2n) is 8.44. The topological polar surface area (TPSA) is 205 Å². The van der Waals surface area contributed by atoms with Crippen molar-refractivity contribution in [2.75, 3.05) is 19.8 Å². The van der Waals surface area contributed by atoms with Gasteiger partial charge in [-0.15, -0.1) is 0 Å². The molecule has 16 nitrogen and oxygen atoms in total. The number of esters is 3. The molecule has 1 aromatic carbocycles. The lowest BCUT2D eigenvalue weighted by Gasteiger charge is -2.44. The van der Waals surface area contributed by atoms with Gasteiger partial charge >= 0.3 is 24.1 Å². The maximum Gasteiger partial charge on any atom is 0.514 e. The summed E-state index contributed by atoms with van der Waals surface area (Å²) >= 11 is 0. The fourth-order valence-electron chi connectivity index (χ4n) is 3.60. The summed E-state index contributed by atoms with van der Waals surface area (Å²) in [6.45, 7) is 3.87. The van der Waals surface area contributed by atoms with Crippen molar-refractivity contribution in [1.29, 1.82) is 0 Å². The van der Waals surface area contributed by atoms with Gasteiger partial charge in [-0.2, -0.15) is 0 Å². The molecule has 0 saturated carbocycles. The van der Waals surface area contributed by atoms with E-state index in [4.69, 9.17) is 33.2 Å². The third kappa shape index (κ3) is 11.2. The summed E-state index contributed by atoms with van der Waals surface area (Å²) in [5.74, 6) is -2.61. The molecule has 2 unspecified atom stereocenters. The van der Waals surface area contributed by atoms with E-state index >= 15 is 0 Å². The number of hydrogen-bond acceptors (Lipinski definition) is 14. The minimum Gasteiger partial charge on any atom is -0.463 e. The maximum atomic E-state index is 11.9. The van der Waals surface area contributed by atoms with E-state index in [0.717, 1.165) is 20.8 Å². The van der Waals surface area contributed by atoms with E-state index in [0.29, 0.717) is 0 Å². The lowest BCUT2D eigenvalue weighted by Crippen LogP contribution is -2.66. The molecular formula is C25H30N2O14. The average molecular weight is 583 g/mol. The zero-order valence-electron chi connectivity index (χ0n) is 22.6. The molecule has 0 radical (unpaired) electrons. The van der Waals surface area contributed by atoms with Crippen LogP contribution in [0.1, 0.15) is 27.7 Å². The molecule has 2 rings (SSSR count). The largest absolute Gasteiger partial charge is 0.514 e. The standard InChI is InChI=1S/C25H30N2O14/c1-14(28)26-21-23(39-17(4)31)22(38-16(3)30)20(13-37-15(2)29)41-24(21)35-11-5-6-12-36-25(32)40-19-9-7-18(8-10-19)27(33)34/h5-10,20-24H,11-13H2,1-4H3,(H,26,28)/b6-5-/t20?,21?,22-,23-,24-/m1/s1. The smallest absolute Gasteiger partial charge is 0.463 e. The molecule has 1 aliphatic rings. The van der Waals surface area contributed by atoms with Gasteiger partial charge in [0.15, 0.2) is 18.5 Å². The van der Waals surface area contributed by atoms with Gasteiger partial charge in [-0.25, -0.2) is 4.79 Å². The van der Waals surface area contributed by atoms with Gasteiger partial charge in [0, 0.05) is 39.8 Å². The fraction of sp³-hybridized carbons (Fsp3) is 0.480. The molecule has 1 amide bonds. The number of nitrogens with one attached hydrogen (secondary N) is 1. The molecule has 1 aromatic rings. The van der Waals surface area contributed by atoms with Crippen LogP contribution in [0.25, 0.3) is 0 Å². The number of non-ortho nitro benzene ring substituents is 1. The lowest BCUT2D eigenvalue weighted by atomic mass is 9.96. The molecule has 0 aromatic heterocycles. The molecule has 41 heavy (non-hydrogen) atoms. The Morgan fingerprint density at radius 1 is 0.902 bits per heavy atom. The van der Waals surface area contributed by atoms with Crippen LogP contribution in [-0.4, -0.2) is 85.4 Å². The number of ether oxygens (including phenoxy) is 7. The van der Waals surface area contributed by atoms with Crippen molar-refractivity contribution in [2.45, 2.75) is 58.3 Å². The first-order valence-electron chi connectivity index (χ1n) is 12.1. The van der Waals surface area contributed by atoms with Crippen molar-refractivity contribution < 1.29 is 62.1 Å². The van der Waals surface area contributed by atoms with Crippen LogP contribution in [0.4, 0.5) is 10.5 Å². The Bertz CT molecular complexity index is 1140. The molecule has 0 aliphatic carbocycles. The van der Waals surface area contributed by atoms with Crippen molar-refractivity contribution in [3.63, 3.8) is 0 Å². The summed E-state index contributed by atoms with van der Waals surface area (Å²) in [7, 11) is 0. The monoisotopic (exact) mass is 582 g/mol. The summed E-state index contributed by atoms with van der Waals surface area (Å²) in [5, 5.41) is 13.2. The summed E-state index contributed by atoms with van der Waals surface area (Å²) in [6, 6.07) is 3.68. The SMILES string of the molecule is CC(=O)NC1[C@H](OC/C=C\COC(=O)Oc2ccc([N+](=O)[O-])cc2)OC(COC(C)=O)[C@@H](OC(C)=O)[C@@H]1OC(C)=O. The zero-order valence-corrected chi connectivity index (χ0v) is 22.6. The minimum absolute atomic E-state index is 0.0454. The number of benzene rings is 1. The van der Waals surface area contributed by atoms with Crippen LogP contribution in [0.15, 0.2) is 36.4 Å². The molecule has 224 valence electrons. The Hall–Kier alpha value is -4.57. The summed E-state index contributed by atoms with van der Waals surface area (Å²) in [4.78, 5) is 68.9. The van der Waals surface area contributed by atoms with Crippen molar-refractivity contribution in [1.82, 2.24) is 5.32 Å². The lowest BCUT2D eigenvalue weighted by molar-refractivity contribution is -0.384. The highest BCUT2D eigenvalue weighted by molar-refractivity contribution is 5.73. The number of carbonyl (C=O) groups excluding carboxylic acids is 5. The highest BCUT2D eigenvalue weighted by Crippen LogP contribution is 2.28. The molecule has 0 spiro atoms. The highest BCUT2D eigenvalue weighted by Gasteiger charge is 2.51. The predicted octanol–water partition coefficient (Wildman–Crippen LogP) is 1.34. The van der Waals surface area contributed by atoms with E-state index in [9.17, 15) is 34.1 Å². The van der Waals surface area contributed by atoms with E-state index < -0.39 is 65.5 Å². The number of nitro benzene ring substituents is 1. The molecule has 1 N–H and O–H groups in total. The van der Waals surface area contributed by atoms with Gasteiger partial charge in [-0.05, 0) is 18.2 Å². The van der Waals surface area contributed by atoms with Crippen LogP contribution in [0, 0.1) is 10.1 Å². The second kappa shape index (κ2) is 15.9. The summed E-state index contributed by atoms with van der Waals surface area (Å²) in [6.07, 6.45) is -3.08. The maximum absolute atomic E-state index is 11.9. The van der Waals surface area contributed by atoms with Crippen LogP contribution in [-0.2, 0) is 47.6 Å². The average Bonchev–Trinajstić information content (AvgIpc) is 2.87. The van der Waals surface area contributed by atoms with Gasteiger partial charge < -0.3 is 38.5 Å². The van der Waals surface area contributed by atoms with Crippen LogP contribution < -0.4 is 10.1 Å². The molecule has 1 fully saturated rings. The van der Waals surface area contributed by atoms with E-state index in [-0.39, 0.29) is 31.3 Å². The van der Waals surface area contributed by atoms with Crippen LogP contribution in [0.3, 0.4) is 0 Å². The highest BCUT2D eigenvalue weighted by atomic mass is 16.7.